The summed E-state index contributed by atoms with van der Waals surface area (Å²) in [6.45, 7) is 8.67. The Labute approximate surface area is 94.7 Å². The van der Waals surface area contributed by atoms with Crippen molar-refractivity contribution in [1.82, 2.24) is 4.90 Å². The molecule has 0 rings (SSSR count). The Kier molecular flexibility index (Phi) is 25.3. The van der Waals surface area contributed by atoms with Crippen LogP contribution in [0, 0.1) is 0 Å². The van der Waals surface area contributed by atoms with E-state index in [4.69, 9.17) is 0 Å². The van der Waals surface area contributed by atoms with Crippen LogP contribution in [0.25, 0.3) is 0 Å². The predicted molar refractivity (Wildman–Crippen MR) is 67.0 cm³/mol. The molecule has 0 aliphatic heterocycles. The van der Waals surface area contributed by atoms with Gasteiger partial charge in [0.15, 0.2) is 0 Å². The lowest BCUT2D eigenvalue weighted by molar-refractivity contribution is 0.403. The van der Waals surface area contributed by atoms with Crippen LogP contribution in [0.5, 0.6) is 0 Å². The third-order valence-corrected chi connectivity index (χ3v) is 1.17. The monoisotopic (exact) mass is 221 g/mol. The van der Waals surface area contributed by atoms with Crippen LogP contribution >= 0.6 is 12.4 Å². The van der Waals surface area contributed by atoms with E-state index in [1.54, 1.807) is 0 Å². The Balaban J connectivity index is -0.000000376. The highest BCUT2D eigenvalue weighted by atomic mass is 35.5. The molecule has 0 radical (unpaired) electrons. The fraction of sp³-hybridized carbons (Fsp3) is 0.900. The predicted octanol–water partition coefficient (Wildman–Crippen LogP) is 2.58. The first-order valence-electron chi connectivity index (χ1n) is 5.00. The van der Waals surface area contributed by atoms with Crippen molar-refractivity contribution in [3.63, 3.8) is 0 Å². The van der Waals surface area contributed by atoms with E-state index in [-0.39, 0.29) is 12.4 Å². The van der Waals surface area contributed by atoms with E-state index in [0.717, 1.165) is 26.1 Å². The highest BCUT2D eigenvalue weighted by Crippen LogP contribution is 1.82. The van der Waals surface area contributed by atoms with Gasteiger partial charge in [0.05, 0.1) is 12.6 Å². The molecule has 0 amide bonds. The Hall–Kier alpha value is -0.370. The smallest absolute Gasteiger partial charge is 0.0892 e. The number of nitrogens with zero attached hydrogens (tertiary/aromatic N) is 3. The minimum Gasteiger partial charge on any atom is -0.309 e. The Morgan fingerprint density at radius 3 is 2.14 bits per heavy atom. The van der Waals surface area contributed by atoms with E-state index in [2.05, 4.69) is 35.0 Å². The van der Waals surface area contributed by atoms with Gasteiger partial charge in [-0.3, -0.25) is 0 Å². The van der Waals surface area contributed by atoms with E-state index >= 15 is 0 Å². The zero-order valence-electron chi connectivity index (χ0n) is 10.1. The van der Waals surface area contributed by atoms with Gasteiger partial charge in [0.2, 0.25) is 0 Å². The standard InChI is InChI=1S/C8H17N3.C2H6.ClH/c1-4-9-8-10-6-5-7-11(2)3;1-2;/h4-7H2,1-3H3;1-2H3;1H. The zero-order valence-corrected chi connectivity index (χ0v) is 10.9. The molecule has 0 aromatic rings. The second-order valence-corrected chi connectivity index (χ2v) is 2.61. The van der Waals surface area contributed by atoms with Crippen LogP contribution in [-0.4, -0.2) is 44.6 Å². The minimum atomic E-state index is 0. The summed E-state index contributed by atoms with van der Waals surface area (Å²) in [5.41, 5.74) is 0. The quantitative estimate of drug-likeness (QED) is 0.518. The number of halogens is 1. The van der Waals surface area contributed by atoms with Crippen molar-refractivity contribution < 1.29 is 0 Å². The molecule has 0 atom stereocenters. The highest BCUT2D eigenvalue weighted by molar-refractivity contribution is 5.85. The molecule has 0 aromatic heterocycles. The molecule has 0 N–H and O–H groups in total. The Morgan fingerprint density at radius 2 is 1.71 bits per heavy atom. The van der Waals surface area contributed by atoms with E-state index in [0.29, 0.717) is 0 Å². The van der Waals surface area contributed by atoms with Crippen molar-refractivity contribution in [2.24, 2.45) is 9.98 Å². The molecule has 86 valence electrons. The largest absolute Gasteiger partial charge is 0.309 e. The summed E-state index contributed by atoms with van der Waals surface area (Å²) in [6, 6.07) is 2.64. The molecule has 4 heteroatoms. The van der Waals surface area contributed by atoms with Crippen LogP contribution in [0.4, 0.5) is 0 Å². The van der Waals surface area contributed by atoms with Crippen LogP contribution in [0.2, 0.25) is 0 Å². The van der Waals surface area contributed by atoms with Crippen LogP contribution in [0.15, 0.2) is 9.98 Å². The van der Waals surface area contributed by atoms with Gasteiger partial charge < -0.3 is 4.90 Å². The normalized spacial score (nSPS) is 7.86. The third kappa shape index (κ3) is 22.6. The van der Waals surface area contributed by atoms with Crippen LogP contribution in [0.3, 0.4) is 0 Å². The van der Waals surface area contributed by atoms with Crippen molar-refractivity contribution in [3.05, 3.63) is 0 Å². The molecule has 0 bridgehead atoms. The van der Waals surface area contributed by atoms with Gasteiger partial charge in [0.25, 0.3) is 0 Å². The Morgan fingerprint density at radius 1 is 1.14 bits per heavy atom. The van der Waals surface area contributed by atoms with Crippen LogP contribution in [0.1, 0.15) is 27.2 Å². The highest BCUT2D eigenvalue weighted by Gasteiger charge is 1.86. The average molecular weight is 222 g/mol. The number of hydrogen-bond acceptors (Lipinski definition) is 3. The lowest BCUT2D eigenvalue weighted by atomic mass is 10.4. The number of hydrogen-bond donors (Lipinski definition) is 0. The van der Waals surface area contributed by atoms with Gasteiger partial charge in [-0.05, 0) is 34.0 Å². The van der Waals surface area contributed by atoms with Gasteiger partial charge >= 0.3 is 0 Å². The average Bonchev–Trinajstić information content (AvgIpc) is 2.14. The van der Waals surface area contributed by atoms with Gasteiger partial charge in [-0.2, -0.15) is 0 Å². The van der Waals surface area contributed by atoms with Gasteiger partial charge in [-0.1, -0.05) is 13.8 Å². The summed E-state index contributed by atoms with van der Waals surface area (Å²) in [7, 11) is 4.12. The SMILES string of the molecule is CC.CCN=C=NCCCN(C)C.Cl. The second kappa shape index (κ2) is 18.4. The molecular formula is C10H24ClN3. The molecule has 0 heterocycles. The van der Waals surface area contributed by atoms with Gasteiger partial charge in [-0.25, -0.2) is 9.98 Å². The maximum atomic E-state index is 3.99. The molecule has 0 saturated carbocycles. The fourth-order valence-corrected chi connectivity index (χ4v) is 0.637. The third-order valence-electron chi connectivity index (χ3n) is 1.17. The number of aliphatic imine (C=N–C) groups is 2. The summed E-state index contributed by atoms with van der Waals surface area (Å²) >= 11 is 0. The molecule has 0 aromatic carbocycles. The summed E-state index contributed by atoms with van der Waals surface area (Å²) < 4.78 is 0. The Bertz CT molecular complexity index is 140. The first-order chi connectivity index (χ1) is 6.27. The molecule has 0 aliphatic carbocycles. The topological polar surface area (TPSA) is 28.0 Å². The molecule has 0 aliphatic rings. The molecule has 0 saturated heterocycles. The summed E-state index contributed by atoms with van der Waals surface area (Å²) in [5.74, 6) is 0. The van der Waals surface area contributed by atoms with Crippen LogP contribution in [-0.2, 0) is 0 Å². The van der Waals surface area contributed by atoms with Gasteiger partial charge in [0.1, 0.15) is 0 Å². The minimum absolute atomic E-state index is 0. The summed E-state index contributed by atoms with van der Waals surface area (Å²) in [5, 5.41) is 0. The van der Waals surface area contributed by atoms with Crippen molar-refractivity contribution in [1.29, 1.82) is 0 Å². The summed E-state index contributed by atoms with van der Waals surface area (Å²) in [6.07, 6.45) is 1.08. The molecule has 0 fully saturated rings. The molecule has 0 unspecified atom stereocenters. The zero-order chi connectivity index (χ0) is 10.5. The maximum absolute atomic E-state index is 3.99. The molecule has 3 nitrogen and oxygen atoms in total. The van der Waals surface area contributed by atoms with E-state index in [1.165, 1.54) is 0 Å². The van der Waals surface area contributed by atoms with E-state index in [1.807, 2.05) is 20.8 Å². The fourth-order valence-electron chi connectivity index (χ4n) is 0.637. The van der Waals surface area contributed by atoms with Crippen LogP contribution < -0.4 is 0 Å². The van der Waals surface area contributed by atoms with Gasteiger partial charge in [-0.15, -0.1) is 12.4 Å². The molecule has 0 spiro atoms. The van der Waals surface area contributed by atoms with E-state index < -0.39 is 0 Å². The first kappa shape index (κ1) is 19.2. The summed E-state index contributed by atoms with van der Waals surface area (Å²) in [4.78, 5) is 9.99. The van der Waals surface area contributed by atoms with Crippen molar-refractivity contribution in [2.45, 2.75) is 27.2 Å². The number of rotatable bonds is 5. The van der Waals surface area contributed by atoms with E-state index in [9.17, 15) is 0 Å². The lowest BCUT2D eigenvalue weighted by Gasteiger charge is -2.05. The van der Waals surface area contributed by atoms with Crippen molar-refractivity contribution in [3.8, 4) is 0 Å². The first-order valence-corrected chi connectivity index (χ1v) is 5.00. The second-order valence-electron chi connectivity index (χ2n) is 2.61. The van der Waals surface area contributed by atoms with Gasteiger partial charge in [0, 0.05) is 6.54 Å². The lowest BCUT2D eigenvalue weighted by Crippen LogP contribution is -2.13. The van der Waals surface area contributed by atoms with Crippen molar-refractivity contribution >= 4 is 18.4 Å². The van der Waals surface area contributed by atoms with Crippen molar-refractivity contribution in [2.75, 3.05) is 33.7 Å². The molecular weight excluding hydrogens is 198 g/mol. The molecule has 14 heavy (non-hydrogen) atoms. The maximum Gasteiger partial charge on any atom is 0.0892 e.